The van der Waals surface area contributed by atoms with E-state index in [0.717, 1.165) is 5.37 Å². The second-order valence-corrected chi connectivity index (χ2v) is 11.0. The zero-order chi connectivity index (χ0) is 20.1. The molecule has 7 nitrogen and oxygen atoms in total. The zero-order valence-electron chi connectivity index (χ0n) is 16.4. The normalized spacial score (nSPS) is 13.6. The van der Waals surface area contributed by atoms with Gasteiger partial charge in [0.2, 0.25) is 0 Å². The van der Waals surface area contributed by atoms with Crippen LogP contribution < -0.4 is 5.32 Å². The van der Waals surface area contributed by atoms with E-state index in [2.05, 4.69) is 5.32 Å². The van der Waals surface area contributed by atoms with Gasteiger partial charge in [-0.15, -0.1) is 0 Å². The van der Waals surface area contributed by atoms with Crippen molar-refractivity contribution in [2.24, 2.45) is 0 Å². The molecule has 0 aromatic rings. The molecule has 0 aliphatic heterocycles. The third-order valence-electron chi connectivity index (χ3n) is 2.48. The number of nitrogens with one attached hydrogen (secondary N) is 1. The fraction of sp³-hybridized carbons (Fsp3) is 0.765. The van der Waals surface area contributed by atoms with Gasteiger partial charge in [0.25, 0.3) is 0 Å². The van der Waals surface area contributed by atoms with Gasteiger partial charge in [0.05, 0.1) is 0 Å². The van der Waals surface area contributed by atoms with E-state index in [9.17, 15) is 18.6 Å². The van der Waals surface area contributed by atoms with Crippen LogP contribution >= 0.6 is 0 Å². The molecule has 25 heavy (non-hydrogen) atoms. The molecule has 8 heteroatoms. The van der Waals surface area contributed by atoms with E-state index in [1.807, 2.05) is 0 Å². The monoisotopic (exact) mass is 377 g/mol. The van der Waals surface area contributed by atoms with Crippen molar-refractivity contribution >= 4 is 32.7 Å². The summed E-state index contributed by atoms with van der Waals surface area (Å²) in [4.78, 5) is 36.1. The van der Waals surface area contributed by atoms with E-state index in [0.29, 0.717) is 0 Å². The Bertz CT molecular complexity index is 610. The van der Waals surface area contributed by atoms with Crippen LogP contribution in [0.4, 0.5) is 4.79 Å². The van der Waals surface area contributed by atoms with Crippen LogP contribution in [0.1, 0.15) is 54.4 Å². The molecule has 0 aliphatic carbocycles. The molecule has 1 N–H and O–H groups in total. The van der Waals surface area contributed by atoms with E-state index >= 15 is 0 Å². The molecular weight excluding hydrogens is 346 g/mol. The lowest BCUT2D eigenvalue weighted by molar-refractivity contribution is -0.157. The van der Waals surface area contributed by atoms with Gasteiger partial charge in [0, 0.05) is 24.3 Å². The Morgan fingerprint density at radius 1 is 1.00 bits per heavy atom. The fourth-order valence-electron chi connectivity index (χ4n) is 1.73. The number of carbonyl (C=O) groups excluding carboxylic acids is 3. The molecule has 0 aromatic heterocycles. The lowest BCUT2D eigenvalue weighted by Gasteiger charge is -2.26. The van der Waals surface area contributed by atoms with Crippen molar-refractivity contribution in [1.29, 1.82) is 0 Å². The summed E-state index contributed by atoms with van der Waals surface area (Å²) in [5.41, 5.74) is -1.45. The van der Waals surface area contributed by atoms with Gasteiger partial charge in [-0.1, -0.05) is 0 Å². The minimum atomic E-state index is -2.32. The maximum atomic E-state index is 12.3. The number of rotatable bonds is 6. The Labute approximate surface area is 150 Å². The molecule has 0 aliphatic rings. The van der Waals surface area contributed by atoms with Gasteiger partial charge in [-0.2, -0.15) is 0 Å². The molecule has 0 rings (SSSR count). The van der Waals surface area contributed by atoms with E-state index in [1.165, 1.54) is 12.5 Å². The van der Waals surface area contributed by atoms with Gasteiger partial charge < -0.3 is 14.8 Å². The summed E-state index contributed by atoms with van der Waals surface area (Å²) < 4.78 is 22.1. The molecule has 0 saturated carbocycles. The number of Topliss-reactive ketones (excluding diaryl/α,β-unsaturated/α-hetero) is 1. The lowest BCUT2D eigenvalue weighted by atomic mass is 10.1. The Kier molecular flexibility index (Phi) is 8.14. The van der Waals surface area contributed by atoms with Crippen molar-refractivity contribution in [2.45, 2.75) is 71.6 Å². The topological polar surface area (TPSA) is 98.8 Å². The van der Waals surface area contributed by atoms with Gasteiger partial charge in [-0.05, 0) is 57.5 Å². The van der Waals surface area contributed by atoms with Gasteiger partial charge in [0.1, 0.15) is 17.2 Å². The molecule has 0 fully saturated rings. The summed E-state index contributed by atoms with van der Waals surface area (Å²) >= 11 is 0. The fourth-order valence-corrected chi connectivity index (χ4v) is 2.48. The smallest absolute Gasteiger partial charge is 0.408 e. The minimum absolute atomic E-state index is 0.0268. The number of hydrogen-bond donors (Lipinski definition) is 1. The summed E-state index contributed by atoms with van der Waals surface area (Å²) in [6, 6.07) is -1.03. The first-order valence-electron chi connectivity index (χ1n) is 8.03. The lowest BCUT2D eigenvalue weighted by Crippen LogP contribution is -2.46. The number of ketones is 1. The van der Waals surface area contributed by atoms with Gasteiger partial charge in [-0.3, -0.25) is 9.00 Å². The highest BCUT2D eigenvalue weighted by Gasteiger charge is 2.28. The highest BCUT2D eigenvalue weighted by Crippen LogP contribution is 2.12. The molecule has 1 amide bonds. The zero-order valence-corrected chi connectivity index (χ0v) is 17.2. The van der Waals surface area contributed by atoms with Crippen LogP contribution in [-0.2, 0) is 28.6 Å². The molecule has 0 radical (unpaired) electrons. The molecule has 0 unspecified atom stereocenters. The molecule has 0 spiro atoms. The van der Waals surface area contributed by atoms with Gasteiger partial charge in [0.15, 0.2) is 5.78 Å². The molecular formula is C17H31NO6S. The average molecular weight is 378 g/mol. The van der Waals surface area contributed by atoms with Gasteiger partial charge >= 0.3 is 12.1 Å². The predicted molar refractivity (Wildman–Crippen MR) is 99.3 cm³/mol. The number of amides is 1. The quantitative estimate of drug-likeness (QED) is 0.561. The summed E-state index contributed by atoms with van der Waals surface area (Å²) in [6.45, 7) is 10.2. The second-order valence-electron chi connectivity index (χ2n) is 8.16. The standard InChI is InChI=1S/C17H31NO6S/c1-16(2,3)23-14(20)13(18-15(21)24-17(4,5)6)10-9-12(19)11-25(7,8)22/h11,13H,9-10H2,1-8H3,(H,18,21)/t13-/m0/s1. The van der Waals surface area contributed by atoms with E-state index < -0.39 is 38.8 Å². The minimum Gasteiger partial charge on any atom is -0.458 e. The number of hydrogen-bond acceptors (Lipinski definition) is 6. The van der Waals surface area contributed by atoms with Crippen LogP contribution in [0.5, 0.6) is 0 Å². The summed E-state index contributed by atoms with van der Waals surface area (Å²) in [5, 5.41) is 3.59. The summed E-state index contributed by atoms with van der Waals surface area (Å²) in [6.07, 6.45) is 2.12. The predicted octanol–water partition coefficient (Wildman–Crippen LogP) is 1.92. The molecule has 1 atom stereocenters. The van der Waals surface area contributed by atoms with Crippen LogP contribution in [0, 0.1) is 0 Å². The molecule has 146 valence electrons. The Balaban J connectivity index is 5.08. The highest BCUT2D eigenvalue weighted by molar-refractivity contribution is 8.01. The van der Waals surface area contributed by atoms with Crippen LogP contribution in [0.2, 0.25) is 0 Å². The third kappa shape index (κ3) is 13.4. The van der Waals surface area contributed by atoms with Crippen LogP contribution in [0.25, 0.3) is 0 Å². The summed E-state index contributed by atoms with van der Waals surface area (Å²) in [5.74, 6) is -1.01. The number of ether oxygens (including phenoxy) is 2. The third-order valence-corrected chi connectivity index (χ3v) is 3.31. The number of esters is 1. The van der Waals surface area contributed by atoms with Crippen molar-refractivity contribution in [3.05, 3.63) is 0 Å². The van der Waals surface area contributed by atoms with Crippen molar-refractivity contribution in [3.63, 3.8) is 0 Å². The Morgan fingerprint density at radius 3 is 1.88 bits per heavy atom. The van der Waals surface area contributed by atoms with Crippen molar-refractivity contribution < 1.29 is 28.1 Å². The van der Waals surface area contributed by atoms with E-state index in [1.54, 1.807) is 41.5 Å². The first-order chi connectivity index (χ1) is 11.0. The maximum Gasteiger partial charge on any atom is 0.408 e. The summed E-state index contributed by atoms with van der Waals surface area (Å²) in [7, 11) is -2.32. The van der Waals surface area contributed by atoms with Crippen molar-refractivity contribution in [1.82, 2.24) is 5.32 Å². The van der Waals surface area contributed by atoms with Crippen LogP contribution in [0.3, 0.4) is 0 Å². The van der Waals surface area contributed by atoms with Gasteiger partial charge in [-0.25, -0.2) is 9.59 Å². The van der Waals surface area contributed by atoms with E-state index in [4.69, 9.17) is 9.47 Å². The van der Waals surface area contributed by atoms with Crippen LogP contribution in [0.15, 0.2) is 0 Å². The maximum absolute atomic E-state index is 12.3. The van der Waals surface area contributed by atoms with Crippen molar-refractivity contribution in [3.8, 4) is 0 Å². The average Bonchev–Trinajstić information content (AvgIpc) is 2.27. The second kappa shape index (κ2) is 8.69. The first kappa shape index (κ1) is 23.4. The van der Waals surface area contributed by atoms with Crippen molar-refractivity contribution in [2.75, 3.05) is 12.5 Å². The number of carbonyl (C=O) groups is 3. The molecule has 0 saturated heterocycles. The van der Waals surface area contributed by atoms with Crippen LogP contribution in [-0.4, -0.2) is 57.2 Å². The molecule has 0 heterocycles. The molecule has 0 bridgehead atoms. The van der Waals surface area contributed by atoms with E-state index in [-0.39, 0.29) is 18.6 Å². The highest BCUT2D eigenvalue weighted by atomic mass is 32.2. The SMILES string of the molecule is CC(C)(C)OC(=O)N[C@@H](CCC(=O)C=S(C)(C)=O)C(=O)OC(C)(C)C. The number of alkyl carbamates (subject to hydrolysis) is 1. The Hall–Kier alpha value is -1.57. The first-order valence-corrected chi connectivity index (χ1v) is 10.5. The molecule has 0 aromatic carbocycles. The largest absolute Gasteiger partial charge is 0.458 e. The Morgan fingerprint density at radius 2 is 1.48 bits per heavy atom.